The van der Waals surface area contributed by atoms with Gasteiger partial charge in [0.1, 0.15) is 12.5 Å². The van der Waals surface area contributed by atoms with Crippen LogP contribution in [0.3, 0.4) is 0 Å². The molecule has 10 heteroatoms. The third-order valence-corrected chi connectivity index (χ3v) is 7.74. The fourth-order valence-corrected chi connectivity index (χ4v) is 5.64. The first-order valence-corrected chi connectivity index (χ1v) is 12.6. The van der Waals surface area contributed by atoms with Crippen molar-refractivity contribution in [3.05, 3.63) is 75.7 Å². The Labute approximate surface area is 203 Å². The van der Waals surface area contributed by atoms with Crippen LogP contribution in [0.4, 0.5) is 10.1 Å². The number of fused-ring (bicyclic) bond motifs is 1. The number of anilines is 1. The summed E-state index contributed by atoms with van der Waals surface area (Å²) in [4.78, 5) is 35.0. The summed E-state index contributed by atoms with van der Waals surface area (Å²) in [6.45, 7) is 3.66. The largest absolute Gasteiger partial charge is 0.351 e. The molecule has 2 aliphatic carbocycles. The first kappa shape index (κ1) is 23.7. The Kier molecular flexibility index (Phi) is 6.25. The molecule has 182 valence electrons. The van der Waals surface area contributed by atoms with Gasteiger partial charge in [0.15, 0.2) is 0 Å². The van der Waals surface area contributed by atoms with Crippen LogP contribution < -0.4 is 5.32 Å². The molecule has 1 saturated carbocycles. The molecular weight excluding hydrogens is 470 g/mol. The fraction of sp³-hybridized carbons (Fsp3) is 0.360. The number of halogens is 1. The zero-order valence-electron chi connectivity index (χ0n) is 19.5. The molecule has 1 amide bonds. The van der Waals surface area contributed by atoms with Crippen LogP contribution in [0.15, 0.2) is 47.4 Å². The number of nitroso groups, excluding NO2 is 1. The van der Waals surface area contributed by atoms with E-state index in [9.17, 15) is 19.0 Å². The van der Waals surface area contributed by atoms with Crippen LogP contribution in [-0.4, -0.2) is 20.6 Å². The van der Waals surface area contributed by atoms with Crippen LogP contribution in [-0.2, 0) is 22.5 Å². The summed E-state index contributed by atoms with van der Waals surface area (Å²) in [6, 6.07) is 12.5. The van der Waals surface area contributed by atoms with Crippen molar-refractivity contribution in [1.29, 1.82) is 0 Å². The summed E-state index contributed by atoms with van der Waals surface area (Å²) in [5.41, 5.74) is 6.37. The van der Waals surface area contributed by atoms with Crippen LogP contribution in [0, 0.1) is 30.0 Å². The van der Waals surface area contributed by atoms with Gasteiger partial charge in [0, 0.05) is 28.3 Å². The van der Waals surface area contributed by atoms with Gasteiger partial charge in [-0.1, -0.05) is 18.2 Å². The zero-order chi connectivity index (χ0) is 24.7. The molecule has 35 heavy (non-hydrogen) atoms. The van der Waals surface area contributed by atoms with E-state index in [2.05, 4.69) is 15.4 Å². The Morgan fingerprint density at radius 2 is 2.03 bits per heavy atom. The molecule has 2 atom stereocenters. The average Bonchev–Trinajstić information content (AvgIpc) is 3.48. The molecule has 8 nitrogen and oxygen atoms in total. The Morgan fingerprint density at radius 1 is 1.29 bits per heavy atom. The Bertz CT molecular complexity index is 1290. The van der Waals surface area contributed by atoms with Gasteiger partial charge in [-0.3, -0.25) is 9.32 Å². The summed E-state index contributed by atoms with van der Waals surface area (Å²) in [6.07, 6.45) is 3.43. The number of carbonyl (C=O) groups excluding carboxylic acids is 1. The van der Waals surface area contributed by atoms with Crippen molar-refractivity contribution in [3.8, 4) is 11.1 Å². The Hall–Kier alpha value is -3.00. The van der Waals surface area contributed by atoms with E-state index in [1.54, 1.807) is 10.7 Å². The number of hydrogen-bond acceptors (Lipinski definition) is 6. The quantitative estimate of drug-likeness (QED) is 0.307. The number of hydrogen-bond donors (Lipinski definition) is 2. The van der Waals surface area contributed by atoms with E-state index in [1.165, 1.54) is 11.6 Å². The summed E-state index contributed by atoms with van der Waals surface area (Å²) >= 11 is 0. The molecule has 0 saturated heterocycles. The fourth-order valence-electron chi connectivity index (χ4n) is 5.38. The maximum absolute atomic E-state index is 13.9. The lowest BCUT2D eigenvalue weighted by molar-refractivity contribution is -0.116. The molecule has 5 rings (SSSR count). The van der Waals surface area contributed by atoms with Gasteiger partial charge < -0.3 is 10.2 Å². The van der Waals surface area contributed by atoms with Crippen LogP contribution in [0.1, 0.15) is 47.7 Å². The minimum atomic E-state index is -2.36. The van der Waals surface area contributed by atoms with Gasteiger partial charge in [0.05, 0.1) is 5.69 Å². The van der Waals surface area contributed by atoms with Crippen LogP contribution in [0.5, 0.6) is 0 Å². The molecule has 0 radical (unpaired) electrons. The highest BCUT2D eigenvalue weighted by Crippen LogP contribution is 2.64. The van der Waals surface area contributed by atoms with E-state index in [1.807, 2.05) is 44.2 Å². The van der Waals surface area contributed by atoms with Crippen LogP contribution in [0.25, 0.3) is 11.1 Å². The lowest BCUT2D eigenvalue weighted by atomic mass is 9.86. The standard InChI is InChI=1S/C25H26FN4O4P/c1-15-24(16(2)30(28-15)14-34-35(33)29-32)17-4-7-20(8-5-17)27-23(31)12-22-21-11-19(26)6-3-18(21)13-25(22)9-10-25/h3-8,11,22,33H,9-10,12-14H2,1-2H3,(H,27,31). The maximum Gasteiger partial charge on any atom is 0.351 e. The molecule has 0 aliphatic heterocycles. The van der Waals surface area contributed by atoms with Crippen molar-refractivity contribution >= 4 is 20.1 Å². The molecule has 0 bridgehead atoms. The third kappa shape index (κ3) is 4.63. The number of rotatable bonds is 8. The van der Waals surface area contributed by atoms with Gasteiger partial charge in [-0.05, 0) is 85.4 Å². The first-order chi connectivity index (χ1) is 16.8. The van der Waals surface area contributed by atoms with Crippen molar-refractivity contribution in [1.82, 2.24) is 9.78 Å². The second-order valence-corrected chi connectivity index (χ2v) is 10.3. The van der Waals surface area contributed by atoms with Gasteiger partial charge in [0.25, 0.3) is 0 Å². The normalized spacial score (nSPS) is 18.3. The minimum absolute atomic E-state index is 0.0557. The molecule has 2 N–H and O–H groups in total. The summed E-state index contributed by atoms with van der Waals surface area (Å²) < 4.78 is 20.4. The van der Waals surface area contributed by atoms with E-state index >= 15 is 0 Å². The summed E-state index contributed by atoms with van der Waals surface area (Å²) in [7, 11) is -2.36. The van der Waals surface area contributed by atoms with E-state index in [-0.39, 0.29) is 29.8 Å². The van der Waals surface area contributed by atoms with Crippen molar-refractivity contribution in [2.75, 3.05) is 5.32 Å². The highest BCUT2D eigenvalue weighted by Gasteiger charge is 2.54. The monoisotopic (exact) mass is 496 g/mol. The molecule has 1 spiro atoms. The number of carbonyl (C=O) groups is 1. The molecule has 3 aromatic rings. The number of nitrogens with one attached hydrogen (secondary N) is 1. The Balaban J connectivity index is 1.27. The Morgan fingerprint density at radius 3 is 2.71 bits per heavy atom. The van der Waals surface area contributed by atoms with Crippen LogP contribution in [0.2, 0.25) is 0 Å². The second-order valence-electron chi connectivity index (χ2n) is 9.40. The van der Waals surface area contributed by atoms with Gasteiger partial charge in [-0.2, -0.15) is 5.10 Å². The zero-order valence-corrected chi connectivity index (χ0v) is 20.4. The van der Waals surface area contributed by atoms with Crippen molar-refractivity contribution in [3.63, 3.8) is 0 Å². The van der Waals surface area contributed by atoms with Crippen LogP contribution >= 0.6 is 8.53 Å². The lowest BCUT2D eigenvalue weighted by Gasteiger charge is -2.19. The maximum atomic E-state index is 13.9. The molecule has 2 aliphatic rings. The molecule has 1 heterocycles. The predicted molar refractivity (Wildman–Crippen MR) is 131 cm³/mol. The molecule has 2 aromatic carbocycles. The van der Waals surface area contributed by atoms with E-state index in [4.69, 9.17) is 4.52 Å². The highest BCUT2D eigenvalue weighted by atomic mass is 31.2. The second kappa shape index (κ2) is 9.22. The summed E-state index contributed by atoms with van der Waals surface area (Å²) in [5.74, 6) is -0.270. The lowest BCUT2D eigenvalue weighted by Crippen LogP contribution is -2.19. The van der Waals surface area contributed by atoms with Gasteiger partial charge in [-0.25, -0.2) is 9.07 Å². The van der Waals surface area contributed by atoms with Crippen molar-refractivity contribution < 1.29 is 18.6 Å². The third-order valence-electron chi connectivity index (χ3n) is 7.25. The first-order valence-electron chi connectivity index (χ1n) is 11.5. The number of aryl methyl sites for hydroxylation is 1. The number of aromatic nitrogens is 2. The van der Waals surface area contributed by atoms with Gasteiger partial charge >= 0.3 is 8.53 Å². The topological polar surface area (TPSA) is 106 Å². The average molecular weight is 496 g/mol. The van der Waals surface area contributed by atoms with Gasteiger partial charge in [-0.15, -0.1) is 4.91 Å². The molecule has 1 fully saturated rings. The van der Waals surface area contributed by atoms with E-state index < -0.39 is 8.53 Å². The van der Waals surface area contributed by atoms with Crippen molar-refractivity contribution in [2.45, 2.75) is 52.2 Å². The molecular formula is C25H26FN4O4P. The van der Waals surface area contributed by atoms with Gasteiger partial charge in [0.2, 0.25) is 5.91 Å². The van der Waals surface area contributed by atoms with Crippen molar-refractivity contribution in [2.24, 2.45) is 10.4 Å². The number of nitrogens with zero attached hydrogens (tertiary/aromatic N) is 3. The molecule has 2 unspecified atom stereocenters. The van der Waals surface area contributed by atoms with E-state index in [0.717, 1.165) is 47.3 Å². The number of benzene rings is 2. The highest BCUT2D eigenvalue weighted by molar-refractivity contribution is 7.44. The smallest absolute Gasteiger partial charge is 0.330 e. The predicted octanol–water partition coefficient (Wildman–Crippen LogP) is 5.71. The van der Waals surface area contributed by atoms with E-state index in [0.29, 0.717) is 12.1 Å². The minimum Gasteiger partial charge on any atom is -0.330 e. The SMILES string of the molecule is Cc1nn(COP(O)N=O)c(C)c1-c1ccc(NC(=O)CC2c3cc(F)ccc3CC23CC3)cc1. The number of amides is 1. The molecule has 1 aromatic heterocycles. The summed E-state index contributed by atoms with van der Waals surface area (Å²) in [5, 5.41) is 7.41.